The highest BCUT2D eigenvalue weighted by Gasteiger charge is 2.29. The number of anilines is 2. The maximum Gasteiger partial charge on any atom is 0.235 e. The lowest BCUT2D eigenvalue weighted by Crippen LogP contribution is -2.26. The van der Waals surface area contributed by atoms with Gasteiger partial charge in [-0.1, -0.05) is 18.2 Å². The molecular formula is C19H21FN2O3S. The second kappa shape index (κ2) is 7.45. The number of nitrogens with one attached hydrogen (secondary N) is 1. The third kappa shape index (κ3) is 4.22. The minimum atomic E-state index is -3.27. The van der Waals surface area contributed by atoms with Gasteiger partial charge in [-0.2, -0.15) is 0 Å². The van der Waals surface area contributed by atoms with Crippen molar-refractivity contribution in [3.63, 3.8) is 0 Å². The number of hydrogen-bond donors (Lipinski definition) is 1. The second-order valence-electron chi connectivity index (χ2n) is 6.42. The van der Waals surface area contributed by atoms with Crippen molar-refractivity contribution in [2.24, 2.45) is 0 Å². The smallest absolute Gasteiger partial charge is 0.235 e. The van der Waals surface area contributed by atoms with Crippen LogP contribution >= 0.6 is 0 Å². The third-order valence-corrected chi connectivity index (χ3v) is 6.25. The normalized spacial score (nSPS) is 15.8. The molecule has 0 unspecified atom stereocenters. The number of carbonyl (C=O) groups excluding carboxylic acids is 1. The number of halogens is 1. The molecular weight excluding hydrogens is 355 g/mol. The number of hydrogen-bond acceptors (Lipinski definition) is 3. The zero-order chi connectivity index (χ0) is 18.7. The zero-order valence-electron chi connectivity index (χ0n) is 14.5. The van der Waals surface area contributed by atoms with Gasteiger partial charge in [-0.15, -0.1) is 0 Å². The average Bonchev–Trinajstić information content (AvgIpc) is 2.94. The fraction of sp³-hybridized carbons (Fsp3) is 0.316. The Balaban J connectivity index is 1.68. The zero-order valence-corrected chi connectivity index (χ0v) is 15.4. The second-order valence-corrected chi connectivity index (χ2v) is 8.43. The molecule has 1 saturated heterocycles. The summed E-state index contributed by atoms with van der Waals surface area (Å²) in [5, 5.41) is 2.79. The van der Waals surface area contributed by atoms with Gasteiger partial charge < -0.3 is 5.32 Å². The minimum absolute atomic E-state index is 0.149. The van der Waals surface area contributed by atoms with Crippen LogP contribution in [0.25, 0.3) is 0 Å². The molecule has 5 nitrogen and oxygen atoms in total. The molecule has 1 N–H and O–H groups in total. The van der Waals surface area contributed by atoms with Gasteiger partial charge >= 0.3 is 0 Å². The first-order valence-corrected chi connectivity index (χ1v) is 10.1. The molecule has 1 amide bonds. The van der Waals surface area contributed by atoms with Crippen molar-refractivity contribution in [3.05, 3.63) is 59.4 Å². The molecule has 138 valence electrons. The van der Waals surface area contributed by atoms with Gasteiger partial charge in [0.2, 0.25) is 15.9 Å². The Morgan fingerprint density at radius 2 is 2.04 bits per heavy atom. The summed E-state index contributed by atoms with van der Waals surface area (Å²) in [7, 11) is -3.27. The standard InChI is InChI=1S/C19H21FN2O3S/c1-14-6-8-17(13-18(14)22-10-3-11-26(22,24)25)21-19(23)9-7-15-4-2-5-16(20)12-15/h2,4-6,8,12-13H,3,7,9-11H2,1H3,(H,21,23). The predicted molar refractivity (Wildman–Crippen MR) is 100 cm³/mol. The van der Waals surface area contributed by atoms with Crippen molar-refractivity contribution in [3.8, 4) is 0 Å². The Labute approximate surface area is 152 Å². The molecule has 7 heteroatoms. The first kappa shape index (κ1) is 18.4. The van der Waals surface area contributed by atoms with Crippen LogP contribution in [0.15, 0.2) is 42.5 Å². The molecule has 3 rings (SSSR count). The van der Waals surface area contributed by atoms with E-state index in [0.29, 0.717) is 30.8 Å². The highest BCUT2D eigenvalue weighted by molar-refractivity contribution is 7.93. The number of rotatable bonds is 5. The van der Waals surface area contributed by atoms with Crippen molar-refractivity contribution in [2.75, 3.05) is 21.9 Å². The Kier molecular flexibility index (Phi) is 5.27. The molecule has 0 aliphatic carbocycles. The van der Waals surface area contributed by atoms with E-state index in [1.54, 1.807) is 30.3 Å². The van der Waals surface area contributed by atoms with Gasteiger partial charge in [-0.05, 0) is 55.2 Å². The molecule has 0 bridgehead atoms. The number of nitrogens with zero attached hydrogens (tertiary/aromatic N) is 1. The fourth-order valence-electron chi connectivity index (χ4n) is 3.04. The van der Waals surface area contributed by atoms with Crippen LogP contribution in [-0.2, 0) is 21.2 Å². The highest BCUT2D eigenvalue weighted by atomic mass is 32.2. The maximum absolute atomic E-state index is 13.2. The van der Waals surface area contributed by atoms with E-state index in [-0.39, 0.29) is 23.9 Å². The molecule has 1 aliphatic rings. The van der Waals surface area contributed by atoms with Crippen molar-refractivity contribution in [1.29, 1.82) is 0 Å². The van der Waals surface area contributed by atoms with Gasteiger partial charge in [0.25, 0.3) is 0 Å². The lowest BCUT2D eigenvalue weighted by molar-refractivity contribution is -0.116. The Morgan fingerprint density at radius 3 is 2.73 bits per heavy atom. The quantitative estimate of drug-likeness (QED) is 0.871. The van der Waals surface area contributed by atoms with E-state index in [1.807, 2.05) is 6.92 Å². The molecule has 0 saturated carbocycles. The maximum atomic E-state index is 13.2. The lowest BCUT2D eigenvalue weighted by Gasteiger charge is -2.20. The molecule has 2 aromatic rings. The first-order chi connectivity index (χ1) is 12.3. The average molecular weight is 376 g/mol. The highest BCUT2D eigenvalue weighted by Crippen LogP contribution is 2.30. The van der Waals surface area contributed by atoms with Gasteiger partial charge in [0.15, 0.2) is 0 Å². The number of amides is 1. The molecule has 2 aromatic carbocycles. The van der Waals surface area contributed by atoms with E-state index in [0.717, 1.165) is 11.1 Å². The first-order valence-electron chi connectivity index (χ1n) is 8.50. The van der Waals surface area contributed by atoms with Crippen LogP contribution in [0.2, 0.25) is 0 Å². The topological polar surface area (TPSA) is 66.5 Å². The van der Waals surface area contributed by atoms with E-state index in [1.165, 1.54) is 16.4 Å². The summed E-state index contributed by atoms with van der Waals surface area (Å²) in [6.45, 7) is 2.30. The molecule has 0 atom stereocenters. The van der Waals surface area contributed by atoms with Crippen LogP contribution in [0, 0.1) is 12.7 Å². The van der Waals surface area contributed by atoms with E-state index in [4.69, 9.17) is 0 Å². The molecule has 1 fully saturated rings. The van der Waals surface area contributed by atoms with Crippen molar-refractivity contribution < 1.29 is 17.6 Å². The van der Waals surface area contributed by atoms with Crippen LogP contribution in [0.3, 0.4) is 0 Å². The molecule has 0 radical (unpaired) electrons. The third-order valence-electron chi connectivity index (χ3n) is 4.39. The summed E-state index contributed by atoms with van der Waals surface area (Å²) in [6.07, 6.45) is 1.25. The van der Waals surface area contributed by atoms with E-state index >= 15 is 0 Å². The lowest BCUT2D eigenvalue weighted by atomic mass is 10.1. The monoisotopic (exact) mass is 376 g/mol. The number of aryl methyl sites for hydroxylation is 2. The van der Waals surface area contributed by atoms with E-state index in [9.17, 15) is 17.6 Å². The Hall–Kier alpha value is -2.41. The van der Waals surface area contributed by atoms with Crippen LogP contribution < -0.4 is 9.62 Å². The fourth-order valence-corrected chi connectivity index (χ4v) is 4.66. The molecule has 26 heavy (non-hydrogen) atoms. The summed E-state index contributed by atoms with van der Waals surface area (Å²) in [5.74, 6) is -0.373. The number of sulfonamides is 1. The van der Waals surface area contributed by atoms with Crippen LogP contribution in [0.4, 0.5) is 15.8 Å². The van der Waals surface area contributed by atoms with Crippen molar-refractivity contribution >= 4 is 27.3 Å². The molecule has 0 spiro atoms. The van der Waals surface area contributed by atoms with Gasteiger partial charge in [0, 0.05) is 18.7 Å². The van der Waals surface area contributed by atoms with Crippen LogP contribution in [-0.4, -0.2) is 26.6 Å². The van der Waals surface area contributed by atoms with E-state index < -0.39 is 10.0 Å². The molecule has 1 heterocycles. The number of carbonyl (C=O) groups is 1. The SMILES string of the molecule is Cc1ccc(NC(=O)CCc2cccc(F)c2)cc1N1CCCS1(=O)=O. The van der Waals surface area contributed by atoms with Gasteiger partial charge in [-0.3, -0.25) is 9.10 Å². The van der Waals surface area contributed by atoms with Crippen molar-refractivity contribution in [1.82, 2.24) is 0 Å². The van der Waals surface area contributed by atoms with Gasteiger partial charge in [0.05, 0.1) is 11.4 Å². The van der Waals surface area contributed by atoms with E-state index in [2.05, 4.69) is 5.32 Å². The van der Waals surface area contributed by atoms with Crippen molar-refractivity contribution in [2.45, 2.75) is 26.2 Å². The minimum Gasteiger partial charge on any atom is -0.326 e. The van der Waals surface area contributed by atoms with Gasteiger partial charge in [0.1, 0.15) is 5.82 Å². The predicted octanol–water partition coefficient (Wildman–Crippen LogP) is 3.25. The van der Waals surface area contributed by atoms with Crippen LogP contribution in [0.5, 0.6) is 0 Å². The summed E-state index contributed by atoms with van der Waals surface area (Å²) >= 11 is 0. The summed E-state index contributed by atoms with van der Waals surface area (Å²) in [6, 6.07) is 11.4. The summed E-state index contributed by atoms with van der Waals surface area (Å²) < 4.78 is 38.9. The van der Waals surface area contributed by atoms with Crippen LogP contribution in [0.1, 0.15) is 24.0 Å². The molecule has 0 aromatic heterocycles. The van der Waals surface area contributed by atoms with Gasteiger partial charge in [-0.25, -0.2) is 12.8 Å². The number of benzene rings is 2. The largest absolute Gasteiger partial charge is 0.326 e. The summed E-state index contributed by atoms with van der Waals surface area (Å²) in [5.41, 5.74) is 2.75. The molecule has 1 aliphatic heterocycles. The Morgan fingerprint density at radius 1 is 1.23 bits per heavy atom. The summed E-state index contributed by atoms with van der Waals surface area (Å²) in [4.78, 5) is 12.2. The Bertz CT molecular complexity index is 928.